The number of thiazole rings is 1. The number of carbonyl (C=O) groups is 2. The molecule has 374 valence electrons. The monoisotopic (exact) mass is 971 g/mol. The maximum atomic E-state index is 14.1. The molecule has 2 fully saturated rings. The highest BCUT2D eigenvalue weighted by atomic mass is 32.1. The van der Waals surface area contributed by atoms with E-state index in [0.717, 1.165) is 127 Å². The van der Waals surface area contributed by atoms with Crippen LogP contribution in [0, 0.1) is 12.3 Å². The number of phenolic OH excluding ortho intramolecular Hbond substituents is 2. The number of likely N-dealkylation sites (tertiary alicyclic amines) is 1. The van der Waals surface area contributed by atoms with Gasteiger partial charge in [0.05, 0.1) is 28.2 Å². The Morgan fingerprint density at radius 1 is 0.786 bits per heavy atom. The molecule has 13 heteroatoms. The Bertz CT molecular complexity index is 2460. The van der Waals surface area contributed by atoms with Crippen molar-refractivity contribution in [2.24, 2.45) is 5.41 Å². The summed E-state index contributed by atoms with van der Waals surface area (Å²) in [5.74, 6) is 0.932. The third kappa shape index (κ3) is 14.3. The van der Waals surface area contributed by atoms with Crippen LogP contribution in [0.3, 0.4) is 0 Å². The highest BCUT2D eigenvalue weighted by molar-refractivity contribution is 7.13. The number of aliphatic hydroxyl groups excluding tert-OH is 1. The van der Waals surface area contributed by atoms with Crippen LogP contribution in [0.4, 0.5) is 0 Å². The molecule has 0 bridgehead atoms. The molecule has 2 aliphatic rings. The van der Waals surface area contributed by atoms with Crippen molar-refractivity contribution in [1.29, 1.82) is 0 Å². The molecular formula is C57H74N6O6S. The fourth-order valence-corrected chi connectivity index (χ4v) is 10.5. The number of aromatic nitrogens is 1. The molecule has 2 saturated heterocycles. The van der Waals surface area contributed by atoms with E-state index in [2.05, 4.69) is 65.2 Å². The molecule has 7 rings (SSSR count). The molecule has 5 aromatic rings. The van der Waals surface area contributed by atoms with Gasteiger partial charge in [0.2, 0.25) is 11.8 Å². The Kier molecular flexibility index (Phi) is 18.7. The summed E-state index contributed by atoms with van der Waals surface area (Å²) in [6.07, 6.45) is 5.84. The van der Waals surface area contributed by atoms with Crippen molar-refractivity contribution in [1.82, 2.24) is 30.3 Å². The summed E-state index contributed by atoms with van der Waals surface area (Å²) < 4.78 is 6.23. The van der Waals surface area contributed by atoms with Gasteiger partial charge in [0.15, 0.2) is 0 Å². The standard InChI is InChI=1S/C57H74N6O6S/c1-6-50(42-16-22-46(64)23-17-42)52(43-18-24-47(65)25-19-43)44-20-26-49(27-21-44)69-35-34-62-32-30-61(31-33-62)29-11-9-7-8-10-28-58-54(57(3,4)5)56(68)63-38-48(66)36-51(63)55(67)59-37-41-12-14-45(15-13-41)53-40(2)60-39-70-53/h12-27,39,48,51,54,58,64-66H,6-11,28-38H2,1-5H3,(H,59,67)/t48-,51+,54-/m1/s1. The first-order valence-electron chi connectivity index (χ1n) is 25.3. The average molecular weight is 971 g/mol. The van der Waals surface area contributed by atoms with Crippen molar-refractivity contribution in [3.63, 3.8) is 0 Å². The summed E-state index contributed by atoms with van der Waals surface area (Å²) >= 11 is 1.61. The molecule has 2 amide bonds. The Morgan fingerprint density at radius 3 is 1.97 bits per heavy atom. The van der Waals surface area contributed by atoms with Gasteiger partial charge in [-0.05, 0) is 120 Å². The van der Waals surface area contributed by atoms with Crippen LogP contribution in [-0.4, -0.2) is 124 Å². The van der Waals surface area contributed by atoms with Crippen LogP contribution in [0.2, 0.25) is 0 Å². The topological polar surface area (TPSA) is 151 Å². The van der Waals surface area contributed by atoms with Gasteiger partial charge in [-0.25, -0.2) is 4.98 Å². The fraction of sp³-hybridized carbons (Fsp3) is 0.456. The van der Waals surface area contributed by atoms with Gasteiger partial charge in [0.1, 0.15) is 29.9 Å². The fourth-order valence-electron chi connectivity index (χ4n) is 9.71. The molecule has 5 N–H and O–H groups in total. The third-order valence-corrected chi connectivity index (χ3v) is 14.7. The molecule has 0 aliphatic carbocycles. The van der Waals surface area contributed by atoms with Crippen molar-refractivity contribution in [3.05, 3.63) is 131 Å². The highest BCUT2D eigenvalue weighted by Crippen LogP contribution is 2.36. The Labute approximate surface area is 419 Å². The largest absolute Gasteiger partial charge is 0.508 e. The maximum absolute atomic E-state index is 14.1. The smallest absolute Gasteiger partial charge is 0.243 e. The molecule has 12 nitrogen and oxygen atoms in total. The molecule has 3 heterocycles. The number of carbonyl (C=O) groups excluding carboxylic acids is 2. The van der Waals surface area contributed by atoms with Crippen LogP contribution in [0.15, 0.2) is 103 Å². The van der Waals surface area contributed by atoms with Gasteiger partial charge < -0.3 is 40.5 Å². The molecule has 0 unspecified atom stereocenters. The minimum atomic E-state index is -0.737. The predicted molar refractivity (Wildman–Crippen MR) is 282 cm³/mol. The zero-order valence-electron chi connectivity index (χ0n) is 41.8. The summed E-state index contributed by atoms with van der Waals surface area (Å²) in [6, 6.07) is 29.8. The Morgan fingerprint density at radius 2 is 1.37 bits per heavy atom. The summed E-state index contributed by atoms with van der Waals surface area (Å²) in [5.41, 5.74) is 9.89. The number of rotatable bonds is 22. The van der Waals surface area contributed by atoms with E-state index < -0.39 is 18.2 Å². The van der Waals surface area contributed by atoms with E-state index >= 15 is 0 Å². The van der Waals surface area contributed by atoms with Gasteiger partial charge in [-0.1, -0.05) is 108 Å². The number of aliphatic hydroxyl groups is 1. The second kappa shape index (κ2) is 25.0. The maximum Gasteiger partial charge on any atom is 0.243 e. The average Bonchev–Trinajstić information content (AvgIpc) is 3.98. The number of ether oxygens (including phenoxy) is 1. The van der Waals surface area contributed by atoms with Gasteiger partial charge in [-0.3, -0.25) is 14.5 Å². The third-order valence-electron chi connectivity index (χ3n) is 13.7. The van der Waals surface area contributed by atoms with Crippen LogP contribution in [0.1, 0.15) is 101 Å². The molecule has 2 aliphatic heterocycles. The van der Waals surface area contributed by atoms with E-state index in [1.807, 2.05) is 73.1 Å². The summed E-state index contributed by atoms with van der Waals surface area (Å²) in [7, 11) is 0. The molecule has 4 aromatic carbocycles. The number of hydrogen-bond acceptors (Lipinski definition) is 11. The number of aromatic hydroxyl groups is 2. The molecule has 1 aromatic heterocycles. The molecule has 70 heavy (non-hydrogen) atoms. The molecule has 0 radical (unpaired) electrons. The minimum absolute atomic E-state index is 0.129. The highest BCUT2D eigenvalue weighted by Gasteiger charge is 2.43. The van der Waals surface area contributed by atoms with E-state index in [1.165, 1.54) is 12.8 Å². The van der Waals surface area contributed by atoms with Crippen molar-refractivity contribution in [2.45, 2.75) is 104 Å². The first kappa shape index (κ1) is 52.3. The molecule has 0 saturated carbocycles. The zero-order valence-corrected chi connectivity index (χ0v) is 42.6. The number of nitrogens with one attached hydrogen (secondary N) is 2. The second-order valence-corrected chi connectivity index (χ2v) is 20.8. The van der Waals surface area contributed by atoms with Gasteiger partial charge in [-0.2, -0.15) is 0 Å². The van der Waals surface area contributed by atoms with E-state index in [0.29, 0.717) is 13.2 Å². The van der Waals surface area contributed by atoms with E-state index in [9.17, 15) is 24.9 Å². The van der Waals surface area contributed by atoms with Gasteiger partial charge in [0, 0.05) is 52.2 Å². The second-order valence-electron chi connectivity index (χ2n) is 20.0. The lowest BCUT2D eigenvalue weighted by molar-refractivity contribution is -0.142. The van der Waals surface area contributed by atoms with Gasteiger partial charge in [0.25, 0.3) is 0 Å². The SMILES string of the molecule is CCC(=C(c1ccc(O)cc1)c1ccc(OCCN2CCN(CCCCCCCN[C@H](C(=O)N3C[C@H](O)C[C@H]3C(=O)NCc3ccc(-c4scnc4C)cc3)C(C)(C)C)CC2)cc1)c1ccc(O)cc1. The minimum Gasteiger partial charge on any atom is -0.508 e. The molecule has 0 spiro atoms. The van der Waals surface area contributed by atoms with E-state index in [4.69, 9.17) is 4.74 Å². The number of piperazine rings is 1. The van der Waals surface area contributed by atoms with Crippen LogP contribution in [-0.2, 0) is 16.1 Å². The predicted octanol–water partition coefficient (Wildman–Crippen LogP) is 9.13. The van der Waals surface area contributed by atoms with Crippen LogP contribution < -0.4 is 15.4 Å². The van der Waals surface area contributed by atoms with Crippen molar-refractivity contribution >= 4 is 34.3 Å². The lowest BCUT2D eigenvalue weighted by atomic mass is 9.85. The summed E-state index contributed by atoms with van der Waals surface area (Å²) in [4.78, 5) is 39.7. The lowest BCUT2D eigenvalue weighted by Gasteiger charge is -2.35. The first-order chi connectivity index (χ1) is 33.8. The summed E-state index contributed by atoms with van der Waals surface area (Å²) in [5, 5.41) is 37.1. The number of aryl methyl sites for hydroxylation is 1. The molecular weight excluding hydrogens is 897 g/mol. The zero-order chi connectivity index (χ0) is 49.6. The summed E-state index contributed by atoms with van der Waals surface area (Å²) in [6.45, 7) is 18.3. The lowest BCUT2D eigenvalue weighted by Crippen LogP contribution is -2.56. The van der Waals surface area contributed by atoms with Gasteiger partial charge in [-0.15, -0.1) is 11.3 Å². The quantitative estimate of drug-likeness (QED) is 0.0336. The number of benzene rings is 4. The number of phenols is 2. The van der Waals surface area contributed by atoms with Crippen LogP contribution in [0.5, 0.6) is 17.2 Å². The first-order valence-corrected chi connectivity index (χ1v) is 26.1. The Hall–Kier alpha value is -5.57. The Balaban J connectivity index is 0.775. The number of nitrogens with zero attached hydrogens (tertiary/aromatic N) is 4. The van der Waals surface area contributed by atoms with Crippen LogP contribution in [0.25, 0.3) is 21.6 Å². The number of allylic oxidation sites excluding steroid dienone is 1. The normalized spacial score (nSPS) is 17.6. The van der Waals surface area contributed by atoms with Crippen molar-refractivity contribution in [2.75, 3.05) is 59.0 Å². The van der Waals surface area contributed by atoms with Gasteiger partial charge >= 0.3 is 0 Å². The van der Waals surface area contributed by atoms with Crippen LogP contribution >= 0.6 is 11.3 Å². The number of amides is 2. The van der Waals surface area contributed by atoms with Crippen molar-refractivity contribution < 1.29 is 29.6 Å². The number of β-amino-alcohol motifs (C(OH)–C–C–N with tert-alkyl or cyclic N) is 1. The number of unbranched alkanes of at least 4 members (excludes halogenated alkanes) is 4. The van der Waals surface area contributed by atoms with E-state index in [-0.39, 0.29) is 41.7 Å². The molecule has 3 atom stereocenters. The van der Waals surface area contributed by atoms with E-state index in [1.54, 1.807) is 40.5 Å². The number of hydrogen-bond donors (Lipinski definition) is 5. The van der Waals surface area contributed by atoms with Crippen molar-refractivity contribution in [3.8, 4) is 27.7 Å².